The lowest BCUT2D eigenvalue weighted by Gasteiger charge is -2.32. The fourth-order valence-electron chi connectivity index (χ4n) is 3.75. The van der Waals surface area contributed by atoms with Crippen LogP contribution < -0.4 is 10.6 Å². The van der Waals surface area contributed by atoms with Gasteiger partial charge < -0.3 is 20.3 Å². The number of rotatable bonds is 9. The van der Waals surface area contributed by atoms with Gasteiger partial charge in [-0.2, -0.15) is 0 Å². The second kappa shape index (κ2) is 12.6. The molecule has 3 rings (SSSR count). The standard InChI is InChI=1S/C24H33N3O2.ClH/c1-2-26(19-20-7-4-3-5-8-20)22-11-9-21(10-12-22)24(28)27-16-13-23(14-17-27)29-18-6-15-25;/h3-5,7-12,23H,2,6,13-19,25H2,1H3;1H. The number of nitrogens with zero attached hydrogens (tertiary/aromatic N) is 2. The van der Waals surface area contributed by atoms with E-state index in [0.717, 1.165) is 56.7 Å². The fraction of sp³-hybridized carbons (Fsp3) is 0.458. The summed E-state index contributed by atoms with van der Waals surface area (Å²) in [5, 5.41) is 0. The number of halogens is 1. The third-order valence-corrected chi connectivity index (χ3v) is 5.51. The van der Waals surface area contributed by atoms with Crippen molar-refractivity contribution >= 4 is 24.0 Å². The van der Waals surface area contributed by atoms with Gasteiger partial charge in [-0.25, -0.2) is 0 Å². The zero-order chi connectivity index (χ0) is 20.5. The molecule has 1 amide bonds. The summed E-state index contributed by atoms with van der Waals surface area (Å²) in [5.74, 6) is 0.114. The van der Waals surface area contributed by atoms with Gasteiger partial charge in [0.1, 0.15) is 0 Å². The Bertz CT molecular complexity index is 747. The van der Waals surface area contributed by atoms with Crippen molar-refractivity contribution in [3.05, 3.63) is 65.7 Å². The van der Waals surface area contributed by atoms with Crippen LogP contribution in [0.1, 0.15) is 42.1 Å². The third kappa shape index (κ3) is 6.73. The van der Waals surface area contributed by atoms with Crippen LogP contribution in [0.2, 0.25) is 0 Å². The van der Waals surface area contributed by atoms with Crippen molar-refractivity contribution in [2.75, 3.05) is 37.7 Å². The van der Waals surface area contributed by atoms with Gasteiger partial charge in [0.15, 0.2) is 0 Å². The number of carbonyl (C=O) groups is 1. The van der Waals surface area contributed by atoms with Gasteiger partial charge in [0.25, 0.3) is 5.91 Å². The molecule has 2 N–H and O–H groups in total. The lowest BCUT2D eigenvalue weighted by molar-refractivity contribution is 0.00845. The van der Waals surface area contributed by atoms with E-state index in [-0.39, 0.29) is 24.4 Å². The molecule has 0 spiro atoms. The van der Waals surface area contributed by atoms with Gasteiger partial charge in [-0.3, -0.25) is 4.79 Å². The molecule has 30 heavy (non-hydrogen) atoms. The topological polar surface area (TPSA) is 58.8 Å². The van der Waals surface area contributed by atoms with Crippen molar-refractivity contribution in [3.8, 4) is 0 Å². The predicted molar refractivity (Wildman–Crippen MR) is 125 cm³/mol. The number of ether oxygens (including phenoxy) is 1. The molecule has 0 aromatic heterocycles. The van der Waals surface area contributed by atoms with E-state index in [1.54, 1.807) is 0 Å². The highest BCUT2D eigenvalue weighted by Crippen LogP contribution is 2.21. The molecule has 0 bridgehead atoms. The molecule has 0 saturated carbocycles. The molecule has 0 aliphatic carbocycles. The smallest absolute Gasteiger partial charge is 0.253 e. The Morgan fingerprint density at radius 1 is 1.10 bits per heavy atom. The molecule has 2 aromatic rings. The number of hydrogen-bond acceptors (Lipinski definition) is 4. The van der Waals surface area contributed by atoms with Crippen molar-refractivity contribution in [2.45, 2.75) is 38.8 Å². The van der Waals surface area contributed by atoms with E-state index in [0.29, 0.717) is 13.2 Å². The summed E-state index contributed by atoms with van der Waals surface area (Å²) < 4.78 is 5.84. The molecule has 5 nitrogen and oxygen atoms in total. The summed E-state index contributed by atoms with van der Waals surface area (Å²) in [7, 11) is 0. The Hall–Kier alpha value is -2.08. The lowest BCUT2D eigenvalue weighted by Crippen LogP contribution is -2.41. The van der Waals surface area contributed by atoms with E-state index in [1.165, 1.54) is 5.56 Å². The number of carbonyl (C=O) groups excluding carboxylic acids is 1. The third-order valence-electron chi connectivity index (χ3n) is 5.51. The summed E-state index contributed by atoms with van der Waals surface area (Å²) in [6.45, 7) is 6.82. The molecule has 1 saturated heterocycles. The van der Waals surface area contributed by atoms with Crippen molar-refractivity contribution in [1.29, 1.82) is 0 Å². The summed E-state index contributed by atoms with van der Waals surface area (Å²) in [6.07, 6.45) is 2.94. The Morgan fingerprint density at radius 3 is 2.37 bits per heavy atom. The van der Waals surface area contributed by atoms with Crippen molar-refractivity contribution in [3.63, 3.8) is 0 Å². The zero-order valence-corrected chi connectivity index (χ0v) is 18.7. The van der Waals surface area contributed by atoms with Crippen LogP contribution in [-0.2, 0) is 11.3 Å². The molecule has 0 atom stereocenters. The Morgan fingerprint density at radius 2 is 1.77 bits per heavy atom. The van der Waals surface area contributed by atoms with E-state index >= 15 is 0 Å². The maximum Gasteiger partial charge on any atom is 0.253 e. The minimum absolute atomic E-state index is 0. The van der Waals surface area contributed by atoms with Crippen LogP contribution >= 0.6 is 12.4 Å². The molecule has 1 fully saturated rings. The van der Waals surface area contributed by atoms with Gasteiger partial charge in [-0.1, -0.05) is 30.3 Å². The largest absolute Gasteiger partial charge is 0.378 e. The molecular formula is C24H34ClN3O2. The van der Waals surface area contributed by atoms with Crippen LogP contribution in [0.5, 0.6) is 0 Å². The van der Waals surface area contributed by atoms with Crippen molar-refractivity contribution < 1.29 is 9.53 Å². The maximum absolute atomic E-state index is 12.9. The lowest BCUT2D eigenvalue weighted by atomic mass is 10.1. The highest BCUT2D eigenvalue weighted by Gasteiger charge is 2.24. The molecular weight excluding hydrogens is 398 g/mol. The first-order chi connectivity index (χ1) is 14.2. The number of likely N-dealkylation sites (tertiary alicyclic amines) is 1. The Balaban J connectivity index is 0.00000320. The van der Waals surface area contributed by atoms with Crippen molar-refractivity contribution in [2.24, 2.45) is 5.73 Å². The molecule has 164 valence electrons. The predicted octanol–water partition coefficient (Wildman–Crippen LogP) is 4.10. The molecule has 0 unspecified atom stereocenters. The van der Waals surface area contributed by atoms with E-state index in [9.17, 15) is 4.79 Å². The minimum atomic E-state index is 0. The molecule has 1 heterocycles. The number of benzene rings is 2. The first-order valence-corrected chi connectivity index (χ1v) is 10.7. The van der Waals surface area contributed by atoms with E-state index < -0.39 is 0 Å². The van der Waals surface area contributed by atoms with Crippen LogP contribution in [0.15, 0.2) is 54.6 Å². The monoisotopic (exact) mass is 431 g/mol. The first-order valence-electron chi connectivity index (χ1n) is 10.7. The van der Waals surface area contributed by atoms with Crippen LogP contribution in [0.4, 0.5) is 5.69 Å². The number of amides is 1. The molecule has 0 radical (unpaired) electrons. The normalized spacial score (nSPS) is 14.3. The van der Waals surface area contributed by atoms with Gasteiger partial charge in [0.05, 0.1) is 6.10 Å². The van der Waals surface area contributed by atoms with Crippen LogP contribution in [0.3, 0.4) is 0 Å². The van der Waals surface area contributed by atoms with E-state index in [1.807, 2.05) is 23.1 Å². The summed E-state index contributed by atoms with van der Waals surface area (Å²) in [4.78, 5) is 17.1. The van der Waals surface area contributed by atoms with Gasteiger partial charge in [0, 0.05) is 44.0 Å². The zero-order valence-electron chi connectivity index (χ0n) is 17.8. The van der Waals surface area contributed by atoms with Crippen LogP contribution in [-0.4, -0.2) is 49.7 Å². The van der Waals surface area contributed by atoms with Crippen molar-refractivity contribution in [1.82, 2.24) is 4.90 Å². The number of nitrogens with two attached hydrogens (primary N) is 1. The molecule has 2 aromatic carbocycles. The second-order valence-corrected chi connectivity index (χ2v) is 7.55. The minimum Gasteiger partial charge on any atom is -0.378 e. The van der Waals surface area contributed by atoms with Crippen LogP contribution in [0, 0.1) is 0 Å². The maximum atomic E-state index is 12.9. The number of piperidine rings is 1. The quantitative estimate of drug-likeness (QED) is 0.607. The number of anilines is 1. The summed E-state index contributed by atoms with van der Waals surface area (Å²) in [6, 6.07) is 18.5. The average molecular weight is 432 g/mol. The van der Waals surface area contributed by atoms with Gasteiger partial charge in [-0.15, -0.1) is 12.4 Å². The second-order valence-electron chi connectivity index (χ2n) is 7.55. The highest BCUT2D eigenvalue weighted by molar-refractivity contribution is 5.94. The van der Waals surface area contributed by atoms with Crippen LogP contribution in [0.25, 0.3) is 0 Å². The average Bonchev–Trinajstić information content (AvgIpc) is 2.78. The Labute approximate surface area is 186 Å². The summed E-state index contributed by atoms with van der Waals surface area (Å²) in [5.41, 5.74) is 8.69. The number of hydrogen-bond donors (Lipinski definition) is 1. The van der Waals surface area contributed by atoms with Gasteiger partial charge in [-0.05, 0) is 62.6 Å². The van der Waals surface area contributed by atoms with Gasteiger partial charge in [0.2, 0.25) is 0 Å². The molecule has 1 aliphatic heterocycles. The Kier molecular flexibility index (Phi) is 10.1. The highest BCUT2D eigenvalue weighted by atomic mass is 35.5. The van der Waals surface area contributed by atoms with E-state index in [2.05, 4.69) is 48.2 Å². The molecule has 6 heteroatoms. The van der Waals surface area contributed by atoms with Gasteiger partial charge >= 0.3 is 0 Å². The summed E-state index contributed by atoms with van der Waals surface area (Å²) >= 11 is 0. The SMILES string of the molecule is CCN(Cc1ccccc1)c1ccc(C(=O)N2CCC(OCCCN)CC2)cc1.Cl. The molecule has 1 aliphatic rings. The fourth-order valence-corrected chi connectivity index (χ4v) is 3.75. The van der Waals surface area contributed by atoms with E-state index in [4.69, 9.17) is 10.5 Å². The first kappa shape index (κ1) is 24.2.